The molecule has 1 heterocycles. The van der Waals surface area contributed by atoms with Crippen molar-refractivity contribution in [2.75, 3.05) is 25.0 Å². The second-order valence-electron chi connectivity index (χ2n) is 5.17. The van der Waals surface area contributed by atoms with Gasteiger partial charge in [0.2, 0.25) is 0 Å². The van der Waals surface area contributed by atoms with Gasteiger partial charge < -0.3 is 10.6 Å². The van der Waals surface area contributed by atoms with Gasteiger partial charge in [-0.15, -0.1) is 0 Å². The van der Waals surface area contributed by atoms with E-state index >= 15 is 0 Å². The summed E-state index contributed by atoms with van der Waals surface area (Å²) in [4.78, 5) is 1.73. The van der Waals surface area contributed by atoms with Crippen LogP contribution in [0.3, 0.4) is 0 Å². The number of benzene rings is 1. The largest absolute Gasteiger partial charge is 0.418 e. The average Bonchev–Trinajstić information content (AvgIpc) is 2.49. The van der Waals surface area contributed by atoms with Gasteiger partial charge in [-0.25, -0.2) is 0 Å². The molecular formula is C14H19F3N2. The number of nitrogens with zero attached hydrogens (tertiary/aromatic N) is 1. The Morgan fingerprint density at radius 1 is 1.37 bits per heavy atom. The van der Waals surface area contributed by atoms with Crippen LogP contribution in [0.5, 0.6) is 0 Å². The Balaban J connectivity index is 2.43. The summed E-state index contributed by atoms with van der Waals surface area (Å²) in [5.41, 5.74) is 6.17. The molecule has 1 aromatic rings. The van der Waals surface area contributed by atoms with Crippen LogP contribution < -0.4 is 10.6 Å². The van der Waals surface area contributed by atoms with E-state index in [1.807, 2.05) is 0 Å². The van der Waals surface area contributed by atoms with E-state index in [2.05, 4.69) is 0 Å². The monoisotopic (exact) mass is 272 g/mol. The standard InChI is InChI=1S/C14H19F3N2/c1-19-8-6-10(5-7-18)9-11-3-2-4-12(13(11)19)14(15,16)17/h2-4,10H,5-9,18H2,1H3. The van der Waals surface area contributed by atoms with Crippen molar-refractivity contribution in [3.63, 3.8) is 0 Å². The van der Waals surface area contributed by atoms with Crippen LogP contribution >= 0.6 is 0 Å². The first-order valence-electron chi connectivity index (χ1n) is 6.53. The molecule has 1 unspecified atom stereocenters. The fourth-order valence-corrected chi connectivity index (χ4v) is 2.82. The minimum atomic E-state index is -4.30. The maximum Gasteiger partial charge on any atom is 0.418 e. The predicted octanol–water partition coefficient (Wildman–Crippen LogP) is 3.05. The molecule has 2 nitrogen and oxygen atoms in total. The Kier molecular flexibility index (Phi) is 4.04. The summed E-state index contributed by atoms with van der Waals surface area (Å²) in [6.07, 6.45) is -1.86. The van der Waals surface area contributed by atoms with E-state index in [0.29, 0.717) is 31.1 Å². The first-order chi connectivity index (χ1) is 8.93. The number of anilines is 1. The highest BCUT2D eigenvalue weighted by molar-refractivity contribution is 5.61. The number of nitrogens with two attached hydrogens (primary N) is 1. The van der Waals surface area contributed by atoms with Crippen molar-refractivity contribution in [1.82, 2.24) is 0 Å². The highest BCUT2D eigenvalue weighted by Crippen LogP contribution is 2.40. The lowest BCUT2D eigenvalue weighted by atomic mass is 9.93. The Morgan fingerprint density at radius 3 is 2.74 bits per heavy atom. The lowest BCUT2D eigenvalue weighted by Crippen LogP contribution is -2.22. The average molecular weight is 272 g/mol. The van der Waals surface area contributed by atoms with Crippen LogP contribution in [0, 0.1) is 5.92 Å². The molecule has 106 valence electrons. The summed E-state index contributed by atoms with van der Waals surface area (Å²) in [7, 11) is 1.74. The van der Waals surface area contributed by atoms with Crippen molar-refractivity contribution in [1.29, 1.82) is 0 Å². The summed E-state index contributed by atoms with van der Waals surface area (Å²) >= 11 is 0. The van der Waals surface area contributed by atoms with Crippen LogP contribution in [0.1, 0.15) is 24.0 Å². The second kappa shape index (κ2) is 5.41. The molecule has 19 heavy (non-hydrogen) atoms. The predicted molar refractivity (Wildman–Crippen MR) is 70.2 cm³/mol. The normalized spacial score (nSPS) is 20.1. The van der Waals surface area contributed by atoms with E-state index < -0.39 is 11.7 Å². The minimum Gasteiger partial charge on any atom is -0.374 e. The third-order valence-electron chi connectivity index (χ3n) is 3.76. The van der Waals surface area contributed by atoms with Gasteiger partial charge in [0, 0.05) is 13.6 Å². The number of fused-ring (bicyclic) bond motifs is 1. The van der Waals surface area contributed by atoms with Crippen LogP contribution in [-0.4, -0.2) is 20.1 Å². The number of rotatable bonds is 2. The molecule has 1 aliphatic rings. The second-order valence-corrected chi connectivity index (χ2v) is 5.17. The molecule has 0 saturated heterocycles. The third-order valence-corrected chi connectivity index (χ3v) is 3.76. The van der Waals surface area contributed by atoms with Crippen LogP contribution in [0.15, 0.2) is 18.2 Å². The van der Waals surface area contributed by atoms with Crippen molar-refractivity contribution in [3.05, 3.63) is 29.3 Å². The summed E-state index contributed by atoms with van der Waals surface area (Å²) < 4.78 is 39.2. The van der Waals surface area contributed by atoms with Gasteiger partial charge in [0.25, 0.3) is 0 Å². The maximum absolute atomic E-state index is 13.1. The number of hydrogen-bond acceptors (Lipinski definition) is 2. The highest BCUT2D eigenvalue weighted by atomic mass is 19.4. The zero-order valence-electron chi connectivity index (χ0n) is 11.0. The summed E-state index contributed by atoms with van der Waals surface area (Å²) in [5, 5.41) is 0. The SMILES string of the molecule is CN1CCC(CCN)Cc2cccc(C(F)(F)F)c21. The van der Waals surface area contributed by atoms with E-state index in [0.717, 1.165) is 18.4 Å². The molecule has 1 atom stereocenters. The molecule has 0 bridgehead atoms. The smallest absolute Gasteiger partial charge is 0.374 e. The van der Waals surface area contributed by atoms with E-state index in [9.17, 15) is 13.2 Å². The van der Waals surface area contributed by atoms with E-state index in [1.165, 1.54) is 12.1 Å². The van der Waals surface area contributed by atoms with Gasteiger partial charge in [0.05, 0.1) is 11.3 Å². The van der Waals surface area contributed by atoms with Gasteiger partial charge in [0.1, 0.15) is 0 Å². The van der Waals surface area contributed by atoms with Gasteiger partial charge in [-0.1, -0.05) is 12.1 Å². The lowest BCUT2D eigenvalue weighted by molar-refractivity contribution is -0.137. The fraction of sp³-hybridized carbons (Fsp3) is 0.571. The molecule has 0 aromatic heterocycles. The van der Waals surface area contributed by atoms with Crippen molar-refractivity contribution in [2.24, 2.45) is 11.7 Å². The molecule has 0 amide bonds. The number of halogens is 3. The minimum absolute atomic E-state index is 0.342. The van der Waals surface area contributed by atoms with Crippen LogP contribution in [0.2, 0.25) is 0 Å². The van der Waals surface area contributed by atoms with Crippen molar-refractivity contribution in [2.45, 2.75) is 25.4 Å². The highest BCUT2D eigenvalue weighted by Gasteiger charge is 2.36. The molecule has 1 aromatic carbocycles. The molecule has 0 fully saturated rings. The van der Waals surface area contributed by atoms with Gasteiger partial charge in [-0.2, -0.15) is 13.2 Å². The molecule has 1 aliphatic heterocycles. The van der Waals surface area contributed by atoms with Crippen LogP contribution in [0.4, 0.5) is 18.9 Å². The lowest BCUT2D eigenvalue weighted by Gasteiger charge is -2.23. The van der Waals surface area contributed by atoms with E-state index in [-0.39, 0.29) is 0 Å². The third kappa shape index (κ3) is 3.03. The van der Waals surface area contributed by atoms with Crippen molar-refractivity contribution >= 4 is 5.69 Å². The van der Waals surface area contributed by atoms with Crippen molar-refractivity contribution in [3.8, 4) is 0 Å². The van der Waals surface area contributed by atoms with E-state index in [1.54, 1.807) is 18.0 Å². The summed E-state index contributed by atoms with van der Waals surface area (Å²) in [5.74, 6) is 0.372. The first kappa shape index (κ1) is 14.2. The van der Waals surface area contributed by atoms with E-state index in [4.69, 9.17) is 5.73 Å². The zero-order valence-corrected chi connectivity index (χ0v) is 11.0. The Morgan fingerprint density at radius 2 is 2.11 bits per heavy atom. The van der Waals surface area contributed by atoms with Crippen LogP contribution in [0.25, 0.3) is 0 Å². The van der Waals surface area contributed by atoms with Gasteiger partial charge >= 0.3 is 6.18 Å². The molecular weight excluding hydrogens is 253 g/mol. The fourth-order valence-electron chi connectivity index (χ4n) is 2.82. The molecule has 0 aliphatic carbocycles. The first-order valence-corrected chi connectivity index (χ1v) is 6.53. The molecule has 0 saturated carbocycles. The van der Waals surface area contributed by atoms with Gasteiger partial charge in [-0.3, -0.25) is 0 Å². The molecule has 2 rings (SSSR count). The zero-order chi connectivity index (χ0) is 14.0. The number of hydrogen-bond donors (Lipinski definition) is 1. The van der Waals surface area contributed by atoms with Gasteiger partial charge in [0.15, 0.2) is 0 Å². The Labute approximate surface area is 111 Å². The molecule has 5 heteroatoms. The topological polar surface area (TPSA) is 29.3 Å². The maximum atomic E-state index is 13.1. The number of para-hydroxylation sites is 1. The Bertz CT molecular complexity index is 443. The molecule has 0 radical (unpaired) electrons. The van der Waals surface area contributed by atoms with Crippen LogP contribution in [-0.2, 0) is 12.6 Å². The molecule has 0 spiro atoms. The summed E-state index contributed by atoms with van der Waals surface area (Å²) in [6, 6.07) is 4.47. The summed E-state index contributed by atoms with van der Waals surface area (Å²) in [6.45, 7) is 1.23. The molecule has 2 N–H and O–H groups in total. The van der Waals surface area contributed by atoms with Gasteiger partial charge in [-0.05, 0) is 43.4 Å². The Hall–Kier alpha value is -1.23. The number of alkyl halides is 3. The van der Waals surface area contributed by atoms with Crippen molar-refractivity contribution < 1.29 is 13.2 Å². The quantitative estimate of drug-likeness (QED) is 0.896.